The van der Waals surface area contributed by atoms with E-state index >= 15 is 0 Å². The Kier molecular flexibility index (Phi) is 6.65. The number of rotatable bonds is 6. The summed E-state index contributed by atoms with van der Waals surface area (Å²) in [4.78, 5) is 15.3. The average Bonchev–Trinajstić information content (AvgIpc) is 3.15. The molecule has 31 heavy (non-hydrogen) atoms. The van der Waals surface area contributed by atoms with Crippen LogP contribution >= 0.6 is 11.6 Å². The first-order valence-corrected chi connectivity index (χ1v) is 10.5. The van der Waals surface area contributed by atoms with Gasteiger partial charge in [0.15, 0.2) is 0 Å². The zero-order valence-corrected chi connectivity index (χ0v) is 17.9. The van der Waals surface area contributed by atoms with Gasteiger partial charge in [0.1, 0.15) is 22.8 Å². The van der Waals surface area contributed by atoms with E-state index in [4.69, 9.17) is 20.9 Å². The van der Waals surface area contributed by atoms with E-state index in [0.717, 1.165) is 39.3 Å². The van der Waals surface area contributed by atoms with E-state index in [1.165, 1.54) is 17.7 Å². The summed E-state index contributed by atoms with van der Waals surface area (Å²) in [6.45, 7) is 6.07. The molecular weight excluding hydrogens is 421 g/mol. The van der Waals surface area contributed by atoms with Crippen molar-refractivity contribution in [1.29, 1.82) is 0 Å². The second kappa shape index (κ2) is 9.60. The molecule has 3 aromatic rings. The van der Waals surface area contributed by atoms with Gasteiger partial charge in [0, 0.05) is 25.3 Å². The van der Waals surface area contributed by atoms with Gasteiger partial charge in [0.05, 0.1) is 23.8 Å². The highest BCUT2D eigenvalue weighted by molar-refractivity contribution is 6.33. The third-order valence-electron chi connectivity index (χ3n) is 5.32. The molecule has 6 nitrogen and oxygen atoms in total. The molecule has 0 spiro atoms. The lowest BCUT2D eigenvalue weighted by atomic mass is 10.0. The number of carbonyl (C=O) groups is 1. The molecule has 1 saturated heterocycles. The van der Waals surface area contributed by atoms with Crippen LogP contribution in [0.25, 0.3) is 11.3 Å². The van der Waals surface area contributed by atoms with Gasteiger partial charge in [0.2, 0.25) is 0 Å². The number of hydrogen-bond acceptors (Lipinski definition) is 5. The number of amides is 1. The number of ether oxygens (including phenoxy) is 1. The molecule has 0 aliphatic carbocycles. The molecule has 0 saturated carbocycles. The first kappa shape index (κ1) is 21.5. The molecule has 162 valence electrons. The number of nitrogens with one attached hydrogen (secondary N) is 1. The first-order chi connectivity index (χ1) is 15.0. The summed E-state index contributed by atoms with van der Waals surface area (Å²) in [5.41, 5.74) is 2.10. The molecular formula is C23H23ClFN3O3. The molecule has 0 bridgehead atoms. The molecule has 0 atom stereocenters. The largest absolute Gasteiger partial charge is 0.379 e. The number of aromatic nitrogens is 1. The SMILES string of the molecule is Cc1onc(-c2c(F)cccc2Cl)c1C(=O)Nc1ccc(CCN2CCOCC2)cc1. The fourth-order valence-electron chi connectivity index (χ4n) is 3.59. The number of halogens is 2. The Hall–Kier alpha value is -2.74. The topological polar surface area (TPSA) is 67.6 Å². The Morgan fingerprint density at radius 3 is 2.65 bits per heavy atom. The third kappa shape index (κ3) is 4.95. The van der Waals surface area contributed by atoms with Gasteiger partial charge >= 0.3 is 0 Å². The monoisotopic (exact) mass is 443 g/mol. The van der Waals surface area contributed by atoms with Crippen LogP contribution in [-0.2, 0) is 11.2 Å². The molecule has 1 N–H and O–H groups in total. The second-order valence-electron chi connectivity index (χ2n) is 7.41. The van der Waals surface area contributed by atoms with E-state index in [1.807, 2.05) is 24.3 Å². The molecule has 4 rings (SSSR count). The number of morpholine rings is 1. The van der Waals surface area contributed by atoms with E-state index in [-0.39, 0.29) is 27.6 Å². The maximum atomic E-state index is 14.4. The van der Waals surface area contributed by atoms with Gasteiger partial charge in [0.25, 0.3) is 5.91 Å². The number of hydrogen-bond donors (Lipinski definition) is 1. The van der Waals surface area contributed by atoms with Gasteiger partial charge < -0.3 is 14.6 Å². The van der Waals surface area contributed by atoms with Crippen LogP contribution in [0.2, 0.25) is 5.02 Å². The standard InChI is InChI=1S/C23H23ClFN3O3/c1-15-20(22(27-31-15)21-18(24)3-2-4-19(21)25)23(29)26-17-7-5-16(6-8-17)9-10-28-11-13-30-14-12-28/h2-8H,9-14H2,1H3,(H,26,29). The molecule has 1 aliphatic heterocycles. The average molecular weight is 444 g/mol. The molecule has 0 radical (unpaired) electrons. The number of benzene rings is 2. The predicted octanol–water partition coefficient (Wildman–Crippen LogP) is 4.57. The number of aryl methyl sites for hydroxylation is 1. The van der Waals surface area contributed by atoms with E-state index in [1.54, 1.807) is 13.0 Å². The van der Waals surface area contributed by atoms with Crippen molar-refractivity contribution in [3.63, 3.8) is 0 Å². The van der Waals surface area contributed by atoms with Gasteiger partial charge in [-0.25, -0.2) is 4.39 Å². The normalized spacial score (nSPS) is 14.5. The smallest absolute Gasteiger partial charge is 0.261 e. The number of nitrogens with zero attached hydrogens (tertiary/aromatic N) is 2. The van der Waals surface area contributed by atoms with Crippen molar-refractivity contribution >= 4 is 23.2 Å². The van der Waals surface area contributed by atoms with Crippen LogP contribution in [0.15, 0.2) is 47.0 Å². The van der Waals surface area contributed by atoms with E-state index < -0.39 is 11.7 Å². The second-order valence-corrected chi connectivity index (χ2v) is 7.82. The first-order valence-electron chi connectivity index (χ1n) is 10.1. The molecule has 2 aromatic carbocycles. The molecule has 1 fully saturated rings. The lowest BCUT2D eigenvalue weighted by Crippen LogP contribution is -2.37. The fraction of sp³-hybridized carbons (Fsp3) is 0.304. The molecule has 1 amide bonds. The van der Waals surface area contributed by atoms with Crippen LogP contribution in [0.4, 0.5) is 10.1 Å². The third-order valence-corrected chi connectivity index (χ3v) is 5.64. The van der Waals surface area contributed by atoms with Crippen molar-refractivity contribution in [2.75, 3.05) is 38.2 Å². The summed E-state index contributed by atoms with van der Waals surface area (Å²) in [5.74, 6) is -0.720. The Morgan fingerprint density at radius 2 is 1.94 bits per heavy atom. The van der Waals surface area contributed by atoms with Gasteiger partial charge in [-0.2, -0.15) is 0 Å². The Morgan fingerprint density at radius 1 is 1.19 bits per heavy atom. The molecule has 1 aliphatic rings. The summed E-state index contributed by atoms with van der Waals surface area (Å²) in [5, 5.41) is 6.87. The fourth-order valence-corrected chi connectivity index (χ4v) is 3.85. The summed E-state index contributed by atoms with van der Waals surface area (Å²) < 4.78 is 24.9. The summed E-state index contributed by atoms with van der Waals surface area (Å²) in [6.07, 6.45) is 0.926. The van der Waals surface area contributed by atoms with Crippen molar-refractivity contribution in [3.8, 4) is 11.3 Å². The Balaban J connectivity index is 1.46. The minimum Gasteiger partial charge on any atom is -0.379 e. The van der Waals surface area contributed by atoms with Crippen molar-refractivity contribution in [3.05, 3.63) is 70.2 Å². The quantitative estimate of drug-likeness (QED) is 0.604. The summed E-state index contributed by atoms with van der Waals surface area (Å²) in [6, 6.07) is 12.0. The maximum Gasteiger partial charge on any atom is 0.261 e. The van der Waals surface area contributed by atoms with Gasteiger partial charge in [-0.05, 0) is 43.2 Å². The summed E-state index contributed by atoms with van der Waals surface area (Å²) in [7, 11) is 0. The molecule has 2 heterocycles. The van der Waals surface area contributed by atoms with Crippen LogP contribution in [0.1, 0.15) is 21.7 Å². The van der Waals surface area contributed by atoms with E-state index in [0.29, 0.717) is 5.69 Å². The highest BCUT2D eigenvalue weighted by Crippen LogP contribution is 2.33. The lowest BCUT2D eigenvalue weighted by molar-refractivity contribution is 0.0384. The van der Waals surface area contributed by atoms with Crippen LogP contribution in [0.5, 0.6) is 0 Å². The highest BCUT2D eigenvalue weighted by Gasteiger charge is 2.25. The van der Waals surface area contributed by atoms with Gasteiger partial charge in [-0.1, -0.05) is 35.0 Å². The van der Waals surface area contributed by atoms with E-state index in [9.17, 15) is 9.18 Å². The van der Waals surface area contributed by atoms with Crippen molar-refractivity contribution in [2.45, 2.75) is 13.3 Å². The predicted molar refractivity (Wildman–Crippen MR) is 117 cm³/mol. The van der Waals surface area contributed by atoms with Gasteiger partial charge in [-0.15, -0.1) is 0 Å². The maximum absolute atomic E-state index is 14.4. The Bertz CT molecular complexity index is 1040. The van der Waals surface area contributed by atoms with Crippen LogP contribution < -0.4 is 5.32 Å². The summed E-state index contributed by atoms with van der Waals surface area (Å²) >= 11 is 6.15. The van der Waals surface area contributed by atoms with E-state index in [2.05, 4.69) is 15.4 Å². The molecule has 8 heteroatoms. The van der Waals surface area contributed by atoms with Crippen molar-refractivity contribution < 1.29 is 18.4 Å². The van der Waals surface area contributed by atoms with Crippen molar-refractivity contribution in [2.24, 2.45) is 0 Å². The van der Waals surface area contributed by atoms with Crippen LogP contribution in [-0.4, -0.2) is 48.8 Å². The molecule has 0 unspecified atom stereocenters. The number of anilines is 1. The molecule has 1 aromatic heterocycles. The highest BCUT2D eigenvalue weighted by atomic mass is 35.5. The Labute approximate surface area is 184 Å². The zero-order valence-electron chi connectivity index (χ0n) is 17.2. The van der Waals surface area contributed by atoms with Crippen molar-refractivity contribution in [1.82, 2.24) is 10.1 Å². The minimum atomic E-state index is -0.570. The number of carbonyl (C=O) groups excluding carboxylic acids is 1. The lowest BCUT2D eigenvalue weighted by Gasteiger charge is -2.26. The van der Waals surface area contributed by atoms with Crippen LogP contribution in [0, 0.1) is 12.7 Å². The van der Waals surface area contributed by atoms with Gasteiger partial charge in [-0.3, -0.25) is 9.69 Å². The van der Waals surface area contributed by atoms with Crippen LogP contribution in [0.3, 0.4) is 0 Å². The zero-order chi connectivity index (χ0) is 21.8. The minimum absolute atomic E-state index is 0.0460.